The van der Waals surface area contributed by atoms with E-state index in [1.165, 1.54) is 4.68 Å². The standard InChI is InChI=1S/C9H12F3N3O/c10-9(11,12)7-5-8(13)15(14-7)6-1-3-16-4-2-6/h5-6H,1-4,13H2. The van der Waals surface area contributed by atoms with Crippen LogP contribution < -0.4 is 5.73 Å². The van der Waals surface area contributed by atoms with Crippen molar-refractivity contribution >= 4 is 5.82 Å². The second-order valence-electron chi connectivity index (χ2n) is 3.74. The molecule has 1 fully saturated rings. The van der Waals surface area contributed by atoms with E-state index in [-0.39, 0.29) is 11.9 Å². The molecule has 0 radical (unpaired) electrons. The SMILES string of the molecule is Nc1cc(C(F)(F)F)nn1C1CCOCC1. The van der Waals surface area contributed by atoms with Gasteiger partial charge in [0.05, 0.1) is 6.04 Å². The molecule has 0 aromatic carbocycles. The molecule has 0 saturated carbocycles. The summed E-state index contributed by atoms with van der Waals surface area (Å²) >= 11 is 0. The van der Waals surface area contributed by atoms with E-state index < -0.39 is 11.9 Å². The summed E-state index contributed by atoms with van der Waals surface area (Å²) in [6, 6.07) is 0.778. The number of hydrogen-bond acceptors (Lipinski definition) is 3. The van der Waals surface area contributed by atoms with Crippen LogP contribution in [0.1, 0.15) is 24.6 Å². The van der Waals surface area contributed by atoms with Gasteiger partial charge in [0.25, 0.3) is 0 Å². The van der Waals surface area contributed by atoms with Gasteiger partial charge in [-0.15, -0.1) is 0 Å². The van der Waals surface area contributed by atoms with Crippen LogP contribution in [0.15, 0.2) is 6.07 Å². The van der Waals surface area contributed by atoms with E-state index in [0.29, 0.717) is 26.1 Å². The van der Waals surface area contributed by atoms with Crippen LogP contribution in [0.2, 0.25) is 0 Å². The Morgan fingerprint density at radius 1 is 1.38 bits per heavy atom. The highest BCUT2D eigenvalue weighted by Gasteiger charge is 2.35. The summed E-state index contributed by atoms with van der Waals surface area (Å²) in [7, 11) is 0. The maximum Gasteiger partial charge on any atom is 0.435 e. The van der Waals surface area contributed by atoms with Crippen molar-refractivity contribution in [1.82, 2.24) is 9.78 Å². The fraction of sp³-hybridized carbons (Fsp3) is 0.667. The summed E-state index contributed by atoms with van der Waals surface area (Å²) in [5.41, 5.74) is 4.59. The minimum atomic E-state index is -4.44. The lowest BCUT2D eigenvalue weighted by Gasteiger charge is -2.23. The van der Waals surface area contributed by atoms with E-state index in [1.807, 2.05) is 0 Å². The first-order valence-electron chi connectivity index (χ1n) is 4.98. The minimum Gasteiger partial charge on any atom is -0.384 e. The molecule has 2 rings (SSSR count). The lowest BCUT2D eigenvalue weighted by atomic mass is 10.1. The third-order valence-electron chi connectivity index (χ3n) is 2.59. The predicted molar refractivity (Wildman–Crippen MR) is 50.7 cm³/mol. The van der Waals surface area contributed by atoms with E-state index in [0.717, 1.165) is 6.07 Å². The molecule has 1 aromatic heterocycles. The van der Waals surface area contributed by atoms with Gasteiger partial charge in [-0.1, -0.05) is 0 Å². The van der Waals surface area contributed by atoms with Crippen LogP contribution in [0.4, 0.5) is 19.0 Å². The van der Waals surface area contributed by atoms with Gasteiger partial charge >= 0.3 is 6.18 Å². The molecule has 7 heteroatoms. The fourth-order valence-corrected chi connectivity index (χ4v) is 1.77. The molecule has 0 amide bonds. The van der Waals surface area contributed by atoms with Crippen LogP contribution in [0.3, 0.4) is 0 Å². The van der Waals surface area contributed by atoms with Gasteiger partial charge in [-0.05, 0) is 12.8 Å². The molecule has 0 atom stereocenters. The number of alkyl halides is 3. The van der Waals surface area contributed by atoms with Gasteiger partial charge < -0.3 is 10.5 Å². The van der Waals surface area contributed by atoms with Gasteiger partial charge in [0.1, 0.15) is 5.82 Å². The second-order valence-corrected chi connectivity index (χ2v) is 3.74. The normalized spacial score (nSPS) is 18.9. The summed E-state index contributed by atoms with van der Waals surface area (Å²) in [5.74, 6) is 0.0548. The van der Waals surface area contributed by atoms with Crippen LogP contribution in [0.25, 0.3) is 0 Å². The van der Waals surface area contributed by atoms with Crippen molar-refractivity contribution in [2.45, 2.75) is 25.1 Å². The summed E-state index contributed by atoms with van der Waals surface area (Å²) in [5, 5.41) is 3.52. The van der Waals surface area contributed by atoms with Crippen LogP contribution in [-0.4, -0.2) is 23.0 Å². The highest BCUT2D eigenvalue weighted by molar-refractivity contribution is 5.32. The number of nitrogen functional groups attached to an aromatic ring is 1. The Kier molecular flexibility index (Phi) is 2.79. The Hall–Kier alpha value is -1.24. The van der Waals surface area contributed by atoms with E-state index >= 15 is 0 Å². The van der Waals surface area contributed by atoms with Gasteiger partial charge in [0, 0.05) is 19.3 Å². The molecule has 16 heavy (non-hydrogen) atoms. The molecule has 1 aliphatic heterocycles. The molecule has 0 aliphatic carbocycles. The van der Waals surface area contributed by atoms with Crippen molar-refractivity contribution in [3.8, 4) is 0 Å². The van der Waals surface area contributed by atoms with Crippen LogP contribution in [-0.2, 0) is 10.9 Å². The molecule has 2 N–H and O–H groups in total. The number of aromatic nitrogens is 2. The third-order valence-corrected chi connectivity index (χ3v) is 2.59. The fourth-order valence-electron chi connectivity index (χ4n) is 1.77. The van der Waals surface area contributed by atoms with Crippen molar-refractivity contribution in [3.05, 3.63) is 11.8 Å². The Balaban J connectivity index is 2.24. The molecule has 0 bridgehead atoms. The average molecular weight is 235 g/mol. The number of rotatable bonds is 1. The average Bonchev–Trinajstić information content (AvgIpc) is 2.61. The second kappa shape index (κ2) is 3.97. The number of halogens is 3. The molecule has 2 heterocycles. The van der Waals surface area contributed by atoms with Crippen LogP contribution in [0.5, 0.6) is 0 Å². The van der Waals surface area contributed by atoms with Crippen LogP contribution in [0, 0.1) is 0 Å². The molecule has 1 aromatic rings. The number of ether oxygens (including phenoxy) is 1. The zero-order valence-corrected chi connectivity index (χ0v) is 8.50. The van der Waals surface area contributed by atoms with E-state index in [4.69, 9.17) is 10.5 Å². The first-order chi connectivity index (χ1) is 7.48. The summed E-state index contributed by atoms with van der Waals surface area (Å²) in [4.78, 5) is 0. The van der Waals surface area contributed by atoms with Crippen molar-refractivity contribution in [2.24, 2.45) is 0 Å². The van der Waals surface area contributed by atoms with E-state index in [9.17, 15) is 13.2 Å². The lowest BCUT2D eigenvalue weighted by molar-refractivity contribution is -0.141. The summed E-state index contributed by atoms with van der Waals surface area (Å²) in [6.07, 6.45) is -3.16. The van der Waals surface area contributed by atoms with Crippen molar-refractivity contribution in [2.75, 3.05) is 18.9 Å². The Morgan fingerprint density at radius 2 is 2.00 bits per heavy atom. The molecule has 1 saturated heterocycles. The highest BCUT2D eigenvalue weighted by atomic mass is 19.4. The molecule has 1 aliphatic rings. The first-order valence-corrected chi connectivity index (χ1v) is 4.98. The third kappa shape index (κ3) is 2.13. The summed E-state index contributed by atoms with van der Waals surface area (Å²) in [6.45, 7) is 1.07. The largest absolute Gasteiger partial charge is 0.435 e. The smallest absolute Gasteiger partial charge is 0.384 e. The lowest BCUT2D eigenvalue weighted by Crippen LogP contribution is -2.22. The maximum absolute atomic E-state index is 12.4. The molecular weight excluding hydrogens is 223 g/mol. The topological polar surface area (TPSA) is 53.1 Å². The molecule has 90 valence electrons. The molecule has 0 spiro atoms. The van der Waals surface area contributed by atoms with Gasteiger partial charge in [0.2, 0.25) is 0 Å². The zero-order valence-electron chi connectivity index (χ0n) is 8.50. The number of nitrogens with two attached hydrogens (primary N) is 1. The van der Waals surface area contributed by atoms with Gasteiger partial charge in [0.15, 0.2) is 5.69 Å². The van der Waals surface area contributed by atoms with Gasteiger partial charge in [-0.3, -0.25) is 0 Å². The van der Waals surface area contributed by atoms with E-state index in [1.54, 1.807) is 0 Å². The monoisotopic (exact) mass is 235 g/mol. The Labute approximate surface area is 90.2 Å². The Morgan fingerprint density at radius 3 is 2.50 bits per heavy atom. The Bertz CT molecular complexity index is 369. The number of hydrogen-bond donors (Lipinski definition) is 1. The highest BCUT2D eigenvalue weighted by Crippen LogP contribution is 2.31. The maximum atomic E-state index is 12.4. The van der Waals surface area contributed by atoms with Crippen molar-refractivity contribution < 1.29 is 17.9 Å². The van der Waals surface area contributed by atoms with Crippen molar-refractivity contribution in [1.29, 1.82) is 0 Å². The molecule has 4 nitrogen and oxygen atoms in total. The molecule has 0 unspecified atom stereocenters. The summed E-state index contributed by atoms with van der Waals surface area (Å²) < 4.78 is 43.6. The zero-order chi connectivity index (χ0) is 11.8. The number of nitrogens with zero attached hydrogens (tertiary/aromatic N) is 2. The molecular formula is C9H12F3N3O. The number of anilines is 1. The van der Waals surface area contributed by atoms with Crippen LogP contribution >= 0.6 is 0 Å². The van der Waals surface area contributed by atoms with Gasteiger partial charge in [-0.2, -0.15) is 18.3 Å². The first kappa shape index (κ1) is 11.3. The minimum absolute atomic E-state index is 0.0548. The quantitative estimate of drug-likeness (QED) is 0.808. The van der Waals surface area contributed by atoms with E-state index in [2.05, 4.69) is 5.10 Å². The van der Waals surface area contributed by atoms with Gasteiger partial charge in [-0.25, -0.2) is 4.68 Å². The van der Waals surface area contributed by atoms with Crippen molar-refractivity contribution in [3.63, 3.8) is 0 Å². The predicted octanol–water partition coefficient (Wildman–Crippen LogP) is 1.84.